The van der Waals surface area contributed by atoms with Crippen LogP contribution in [0.1, 0.15) is 39.2 Å². The van der Waals surface area contributed by atoms with Gasteiger partial charge in [-0.2, -0.15) is 0 Å². The van der Waals surface area contributed by atoms with E-state index in [4.69, 9.17) is 11.6 Å². The quantitative estimate of drug-likeness (QED) is 0.776. The molecule has 1 aliphatic rings. The van der Waals surface area contributed by atoms with E-state index in [0.29, 0.717) is 5.92 Å². The van der Waals surface area contributed by atoms with E-state index in [1.807, 2.05) is 49.1 Å². The zero-order chi connectivity index (χ0) is 14.8. The fraction of sp³-hybridized carbons (Fsp3) is 0.588. The van der Waals surface area contributed by atoms with E-state index in [9.17, 15) is 4.79 Å². The standard InChI is InChI=1S/C17H24ClNO/c1-13(18)14-9-11-19(12-10-14)16(20)17(2,3)15-7-5-4-6-8-15/h4-8,13-14H,9-12H2,1-3H3. The number of amides is 1. The maximum Gasteiger partial charge on any atom is 0.232 e. The van der Waals surface area contributed by atoms with E-state index >= 15 is 0 Å². The number of hydrogen-bond acceptors (Lipinski definition) is 1. The van der Waals surface area contributed by atoms with Gasteiger partial charge < -0.3 is 4.90 Å². The Kier molecular flexibility index (Phi) is 4.74. The molecule has 0 N–H and O–H groups in total. The first-order valence-electron chi connectivity index (χ1n) is 7.42. The third-order valence-corrected chi connectivity index (χ3v) is 4.86. The van der Waals surface area contributed by atoms with Crippen LogP contribution in [-0.2, 0) is 10.2 Å². The summed E-state index contributed by atoms with van der Waals surface area (Å²) in [6.07, 6.45) is 2.03. The van der Waals surface area contributed by atoms with Crippen molar-refractivity contribution in [3.63, 3.8) is 0 Å². The van der Waals surface area contributed by atoms with Crippen LogP contribution in [0.4, 0.5) is 0 Å². The molecule has 0 spiro atoms. The van der Waals surface area contributed by atoms with Gasteiger partial charge in [0.2, 0.25) is 5.91 Å². The molecule has 1 atom stereocenters. The van der Waals surface area contributed by atoms with Gasteiger partial charge in [0.15, 0.2) is 0 Å². The number of piperidine rings is 1. The van der Waals surface area contributed by atoms with Crippen LogP contribution in [0.3, 0.4) is 0 Å². The van der Waals surface area contributed by atoms with Gasteiger partial charge in [-0.25, -0.2) is 0 Å². The second-order valence-corrected chi connectivity index (χ2v) is 6.99. The molecule has 0 radical (unpaired) electrons. The number of likely N-dealkylation sites (tertiary alicyclic amines) is 1. The van der Waals surface area contributed by atoms with Crippen molar-refractivity contribution < 1.29 is 4.79 Å². The van der Waals surface area contributed by atoms with E-state index in [-0.39, 0.29) is 11.3 Å². The molecule has 0 bridgehead atoms. The minimum Gasteiger partial charge on any atom is -0.342 e. The molecule has 1 aromatic carbocycles. The van der Waals surface area contributed by atoms with Crippen molar-refractivity contribution in [3.05, 3.63) is 35.9 Å². The Morgan fingerprint density at radius 1 is 1.25 bits per heavy atom. The lowest BCUT2D eigenvalue weighted by atomic mass is 9.82. The van der Waals surface area contributed by atoms with E-state index < -0.39 is 5.41 Å². The van der Waals surface area contributed by atoms with Crippen molar-refractivity contribution in [2.75, 3.05) is 13.1 Å². The van der Waals surface area contributed by atoms with Crippen LogP contribution < -0.4 is 0 Å². The largest absolute Gasteiger partial charge is 0.342 e. The number of benzene rings is 1. The molecule has 2 rings (SSSR count). The Hall–Kier alpha value is -1.02. The molecule has 110 valence electrons. The average Bonchev–Trinajstić information content (AvgIpc) is 2.47. The summed E-state index contributed by atoms with van der Waals surface area (Å²) in [7, 11) is 0. The van der Waals surface area contributed by atoms with E-state index in [1.165, 1.54) is 0 Å². The van der Waals surface area contributed by atoms with Crippen molar-refractivity contribution in [1.29, 1.82) is 0 Å². The minimum atomic E-state index is -0.458. The van der Waals surface area contributed by atoms with Crippen LogP contribution in [-0.4, -0.2) is 29.3 Å². The van der Waals surface area contributed by atoms with Crippen LogP contribution in [0.15, 0.2) is 30.3 Å². The number of hydrogen-bond donors (Lipinski definition) is 0. The summed E-state index contributed by atoms with van der Waals surface area (Å²) in [6.45, 7) is 7.74. The SMILES string of the molecule is CC(Cl)C1CCN(C(=O)C(C)(C)c2ccccc2)CC1. The minimum absolute atomic E-state index is 0.203. The maximum absolute atomic E-state index is 12.8. The van der Waals surface area contributed by atoms with Crippen molar-refractivity contribution >= 4 is 17.5 Å². The number of carbonyl (C=O) groups is 1. The van der Waals surface area contributed by atoms with Gasteiger partial charge in [-0.3, -0.25) is 4.79 Å². The Labute approximate surface area is 127 Å². The molecule has 3 heteroatoms. The molecular formula is C17H24ClNO. The molecule has 1 fully saturated rings. The summed E-state index contributed by atoms with van der Waals surface area (Å²) in [6, 6.07) is 10.0. The third kappa shape index (κ3) is 3.17. The van der Waals surface area contributed by atoms with E-state index in [2.05, 4.69) is 6.92 Å². The molecule has 1 amide bonds. The Morgan fingerprint density at radius 3 is 2.30 bits per heavy atom. The van der Waals surface area contributed by atoms with Crippen LogP contribution in [0.2, 0.25) is 0 Å². The lowest BCUT2D eigenvalue weighted by Gasteiger charge is -2.38. The topological polar surface area (TPSA) is 20.3 Å². The number of carbonyl (C=O) groups excluding carboxylic acids is 1. The second kappa shape index (κ2) is 6.17. The van der Waals surface area contributed by atoms with Crippen LogP contribution in [0.25, 0.3) is 0 Å². The molecule has 0 aromatic heterocycles. The number of rotatable bonds is 3. The predicted octanol–water partition coefficient (Wildman–Crippen LogP) is 3.83. The lowest BCUT2D eigenvalue weighted by Crippen LogP contribution is -2.47. The maximum atomic E-state index is 12.8. The predicted molar refractivity (Wildman–Crippen MR) is 84.1 cm³/mol. The van der Waals surface area contributed by atoms with Crippen LogP contribution >= 0.6 is 11.6 Å². The first kappa shape index (κ1) is 15.4. The summed E-state index contributed by atoms with van der Waals surface area (Å²) in [5.74, 6) is 0.768. The van der Waals surface area contributed by atoms with E-state index in [0.717, 1.165) is 31.5 Å². The monoisotopic (exact) mass is 293 g/mol. The molecule has 0 saturated carbocycles. The van der Waals surface area contributed by atoms with Crippen molar-refractivity contribution in [2.24, 2.45) is 5.92 Å². The van der Waals surface area contributed by atoms with Gasteiger partial charge in [-0.1, -0.05) is 30.3 Å². The Balaban J connectivity index is 2.05. The first-order chi connectivity index (χ1) is 9.43. The molecule has 1 saturated heterocycles. The fourth-order valence-electron chi connectivity index (χ4n) is 2.94. The second-order valence-electron chi connectivity index (χ2n) is 6.30. The number of nitrogens with zero attached hydrogens (tertiary/aromatic N) is 1. The van der Waals surface area contributed by atoms with Gasteiger partial charge in [0.25, 0.3) is 0 Å². The summed E-state index contributed by atoms with van der Waals surface area (Å²) < 4.78 is 0. The van der Waals surface area contributed by atoms with Gasteiger partial charge in [0, 0.05) is 18.5 Å². The highest BCUT2D eigenvalue weighted by atomic mass is 35.5. The van der Waals surface area contributed by atoms with Crippen molar-refractivity contribution in [2.45, 2.75) is 44.4 Å². The molecule has 0 aliphatic carbocycles. The number of halogens is 1. The summed E-state index contributed by atoms with van der Waals surface area (Å²) >= 11 is 6.17. The molecule has 2 nitrogen and oxygen atoms in total. The molecule has 1 heterocycles. The van der Waals surface area contributed by atoms with Gasteiger partial charge in [0.05, 0.1) is 5.41 Å². The van der Waals surface area contributed by atoms with Gasteiger partial charge >= 0.3 is 0 Å². The summed E-state index contributed by atoms with van der Waals surface area (Å²) in [5.41, 5.74) is 0.624. The van der Waals surface area contributed by atoms with Crippen molar-refractivity contribution in [3.8, 4) is 0 Å². The van der Waals surface area contributed by atoms with Crippen LogP contribution in [0.5, 0.6) is 0 Å². The van der Waals surface area contributed by atoms with Gasteiger partial charge in [-0.15, -0.1) is 11.6 Å². The summed E-state index contributed by atoms with van der Waals surface area (Å²) in [4.78, 5) is 14.8. The highest BCUT2D eigenvalue weighted by molar-refractivity contribution is 6.20. The molecule has 1 unspecified atom stereocenters. The smallest absolute Gasteiger partial charge is 0.232 e. The molecular weight excluding hydrogens is 270 g/mol. The molecule has 1 aliphatic heterocycles. The molecule has 1 aromatic rings. The molecule has 20 heavy (non-hydrogen) atoms. The summed E-state index contributed by atoms with van der Waals surface area (Å²) in [5, 5.41) is 0.203. The number of alkyl halides is 1. The first-order valence-corrected chi connectivity index (χ1v) is 7.85. The average molecular weight is 294 g/mol. The zero-order valence-corrected chi connectivity index (χ0v) is 13.4. The lowest BCUT2D eigenvalue weighted by molar-refractivity contribution is -0.137. The Bertz CT molecular complexity index is 447. The third-order valence-electron chi connectivity index (χ3n) is 4.51. The van der Waals surface area contributed by atoms with Crippen LogP contribution in [0, 0.1) is 5.92 Å². The van der Waals surface area contributed by atoms with E-state index in [1.54, 1.807) is 0 Å². The van der Waals surface area contributed by atoms with Gasteiger partial charge in [-0.05, 0) is 45.1 Å². The highest BCUT2D eigenvalue weighted by Gasteiger charge is 2.35. The van der Waals surface area contributed by atoms with Crippen molar-refractivity contribution in [1.82, 2.24) is 4.90 Å². The normalized spacial score (nSPS) is 18.9. The highest BCUT2D eigenvalue weighted by Crippen LogP contribution is 2.29. The fourth-order valence-corrected chi connectivity index (χ4v) is 3.19. The zero-order valence-electron chi connectivity index (χ0n) is 12.6. The Morgan fingerprint density at radius 2 is 1.80 bits per heavy atom. The van der Waals surface area contributed by atoms with Gasteiger partial charge in [0.1, 0.15) is 0 Å².